The lowest BCUT2D eigenvalue weighted by molar-refractivity contribution is -0.141. The summed E-state index contributed by atoms with van der Waals surface area (Å²) in [5.74, 6) is -3.31. The second kappa shape index (κ2) is 4.33. The lowest BCUT2D eigenvalue weighted by Crippen LogP contribution is -2.36. The highest BCUT2D eigenvalue weighted by atomic mass is 19.1. The first-order valence-corrected chi connectivity index (χ1v) is 4.05. The lowest BCUT2D eigenvalue weighted by atomic mass is 10.0. The van der Waals surface area contributed by atoms with Crippen molar-refractivity contribution in [2.45, 2.75) is 12.1 Å². The molecule has 0 aliphatic heterocycles. The number of carboxylic acids is 1. The van der Waals surface area contributed by atoms with Crippen LogP contribution in [0.1, 0.15) is 11.7 Å². The molecule has 0 saturated heterocycles. The van der Waals surface area contributed by atoms with E-state index in [2.05, 4.69) is 0 Å². The molecule has 82 valence electrons. The fourth-order valence-corrected chi connectivity index (χ4v) is 1.07. The first-order valence-electron chi connectivity index (χ1n) is 4.05. The molecule has 0 radical (unpaired) electrons. The van der Waals surface area contributed by atoms with Gasteiger partial charge in [-0.1, -0.05) is 6.07 Å². The molecular formula is C9H9F2NO3. The molecule has 2 unspecified atom stereocenters. The summed E-state index contributed by atoms with van der Waals surface area (Å²) in [5.41, 5.74) is 4.75. The predicted molar refractivity (Wildman–Crippen MR) is 46.9 cm³/mol. The van der Waals surface area contributed by atoms with E-state index in [0.29, 0.717) is 6.07 Å². The van der Waals surface area contributed by atoms with Crippen molar-refractivity contribution in [2.24, 2.45) is 5.73 Å². The van der Waals surface area contributed by atoms with E-state index in [1.807, 2.05) is 0 Å². The molecule has 2 atom stereocenters. The van der Waals surface area contributed by atoms with Gasteiger partial charge < -0.3 is 15.9 Å². The summed E-state index contributed by atoms with van der Waals surface area (Å²) in [6.45, 7) is 0. The molecule has 0 aromatic heterocycles. The number of rotatable bonds is 3. The molecule has 0 spiro atoms. The zero-order valence-corrected chi connectivity index (χ0v) is 7.52. The monoisotopic (exact) mass is 217 g/mol. The molecule has 1 aromatic rings. The van der Waals surface area contributed by atoms with Gasteiger partial charge in [0, 0.05) is 11.6 Å². The third-order valence-electron chi connectivity index (χ3n) is 1.91. The van der Waals surface area contributed by atoms with Crippen molar-refractivity contribution >= 4 is 5.97 Å². The second-order valence-corrected chi connectivity index (χ2v) is 2.97. The Kier molecular flexibility index (Phi) is 3.33. The van der Waals surface area contributed by atoms with Crippen LogP contribution in [0.3, 0.4) is 0 Å². The molecule has 0 aliphatic carbocycles. The van der Waals surface area contributed by atoms with Gasteiger partial charge in [-0.2, -0.15) is 0 Å². The maximum Gasteiger partial charge on any atom is 0.323 e. The van der Waals surface area contributed by atoms with Crippen molar-refractivity contribution < 1.29 is 23.8 Å². The van der Waals surface area contributed by atoms with E-state index in [1.165, 1.54) is 0 Å². The van der Waals surface area contributed by atoms with Crippen LogP contribution >= 0.6 is 0 Å². The third-order valence-corrected chi connectivity index (χ3v) is 1.91. The van der Waals surface area contributed by atoms with Crippen LogP contribution in [0.4, 0.5) is 8.78 Å². The fourth-order valence-electron chi connectivity index (χ4n) is 1.07. The van der Waals surface area contributed by atoms with E-state index in [0.717, 1.165) is 12.1 Å². The largest absolute Gasteiger partial charge is 0.480 e. The average Bonchev–Trinajstić information content (AvgIpc) is 2.15. The molecule has 6 heteroatoms. The molecule has 0 heterocycles. The number of nitrogens with two attached hydrogens (primary N) is 1. The van der Waals surface area contributed by atoms with E-state index in [-0.39, 0.29) is 5.56 Å². The number of aliphatic hydroxyl groups excluding tert-OH is 1. The zero-order valence-electron chi connectivity index (χ0n) is 7.52. The Hall–Kier alpha value is -1.53. The van der Waals surface area contributed by atoms with Crippen molar-refractivity contribution in [3.63, 3.8) is 0 Å². The Morgan fingerprint density at radius 1 is 1.40 bits per heavy atom. The standard InChI is InChI=1S/C9H9F2NO3/c10-4-1-2-5(6(11)3-4)8(13)7(12)9(14)15/h1-3,7-8,13H,12H2,(H,14,15). The van der Waals surface area contributed by atoms with Crippen LogP contribution in [0.5, 0.6) is 0 Å². The first-order chi connectivity index (χ1) is 6.93. The van der Waals surface area contributed by atoms with Crippen LogP contribution in [0.25, 0.3) is 0 Å². The molecule has 0 fully saturated rings. The topological polar surface area (TPSA) is 83.6 Å². The molecule has 4 nitrogen and oxygen atoms in total. The van der Waals surface area contributed by atoms with E-state index >= 15 is 0 Å². The summed E-state index contributed by atoms with van der Waals surface area (Å²) in [6.07, 6.45) is -1.71. The zero-order chi connectivity index (χ0) is 11.6. The maximum atomic E-state index is 13.1. The first kappa shape index (κ1) is 11.5. The molecule has 0 aliphatic rings. The number of benzene rings is 1. The maximum absolute atomic E-state index is 13.1. The number of aliphatic hydroxyl groups is 1. The van der Waals surface area contributed by atoms with E-state index in [4.69, 9.17) is 10.8 Å². The van der Waals surface area contributed by atoms with E-state index in [1.54, 1.807) is 0 Å². The number of aliphatic carboxylic acids is 1. The minimum Gasteiger partial charge on any atom is -0.480 e. The molecule has 15 heavy (non-hydrogen) atoms. The number of carboxylic acid groups (broad SMARTS) is 1. The van der Waals surface area contributed by atoms with Crippen LogP contribution in [0.15, 0.2) is 18.2 Å². The van der Waals surface area contributed by atoms with Gasteiger partial charge in [0.25, 0.3) is 0 Å². The van der Waals surface area contributed by atoms with E-state index < -0.39 is 29.7 Å². The van der Waals surface area contributed by atoms with Gasteiger partial charge in [-0.15, -0.1) is 0 Å². The van der Waals surface area contributed by atoms with Gasteiger partial charge in [0.2, 0.25) is 0 Å². The summed E-state index contributed by atoms with van der Waals surface area (Å²) in [7, 11) is 0. The predicted octanol–water partition coefficient (Wildman–Crippen LogP) is 0.410. The summed E-state index contributed by atoms with van der Waals surface area (Å²) in [6, 6.07) is 0.770. The highest BCUT2D eigenvalue weighted by molar-refractivity contribution is 5.74. The third kappa shape index (κ3) is 2.48. The summed E-state index contributed by atoms with van der Waals surface area (Å²) in [4.78, 5) is 10.4. The summed E-state index contributed by atoms with van der Waals surface area (Å²) >= 11 is 0. The van der Waals surface area contributed by atoms with Crippen LogP contribution in [0.2, 0.25) is 0 Å². The number of hydrogen-bond acceptors (Lipinski definition) is 3. The smallest absolute Gasteiger partial charge is 0.323 e. The highest BCUT2D eigenvalue weighted by Gasteiger charge is 2.25. The molecule has 0 bridgehead atoms. The Balaban J connectivity index is 3.01. The molecule has 0 amide bonds. The Morgan fingerprint density at radius 2 is 2.00 bits per heavy atom. The van der Waals surface area contributed by atoms with Crippen molar-refractivity contribution in [1.82, 2.24) is 0 Å². The fraction of sp³-hybridized carbons (Fsp3) is 0.222. The highest BCUT2D eigenvalue weighted by Crippen LogP contribution is 2.20. The summed E-state index contributed by atoms with van der Waals surface area (Å²) < 4.78 is 25.6. The lowest BCUT2D eigenvalue weighted by Gasteiger charge is -2.15. The second-order valence-electron chi connectivity index (χ2n) is 2.97. The van der Waals surface area contributed by atoms with Crippen LogP contribution in [-0.4, -0.2) is 22.2 Å². The Labute approximate surface area is 83.9 Å². The van der Waals surface area contributed by atoms with Gasteiger partial charge in [-0.25, -0.2) is 8.78 Å². The molecule has 1 rings (SSSR count). The normalized spacial score (nSPS) is 14.7. The number of hydrogen-bond donors (Lipinski definition) is 3. The van der Waals surface area contributed by atoms with Crippen molar-refractivity contribution in [3.05, 3.63) is 35.4 Å². The average molecular weight is 217 g/mol. The van der Waals surface area contributed by atoms with Crippen LogP contribution < -0.4 is 5.73 Å². The molecule has 0 saturated carbocycles. The van der Waals surface area contributed by atoms with Gasteiger partial charge in [0.1, 0.15) is 23.8 Å². The van der Waals surface area contributed by atoms with Gasteiger partial charge in [0.05, 0.1) is 0 Å². The minimum absolute atomic E-state index is 0.341. The number of halogens is 2. The Morgan fingerprint density at radius 3 is 2.47 bits per heavy atom. The van der Waals surface area contributed by atoms with Crippen LogP contribution in [0, 0.1) is 11.6 Å². The Bertz CT molecular complexity index is 384. The van der Waals surface area contributed by atoms with Gasteiger partial charge >= 0.3 is 5.97 Å². The van der Waals surface area contributed by atoms with Crippen LogP contribution in [-0.2, 0) is 4.79 Å². The molecular weight excluding hydrogens is 208 g/mol. The SMILES string of the molecule is NC(C(=O)O)C(O)c1ccc(F)cc1F. The minimum atomic E-state index is -1.71. The van der Waals surface area contributed by atoms with Gasteiger partial charge in [-0.05, 0) is 6.07 Å². The quantitative estimate of drug-likeness (QED) is 0.684. The number of carbonyl (C=O) groups is 1. The van der Waals surface area contributed by atoms with Crippen molar-refractivity contribution in [3.8, 4) is 0 Å². The van der Waals surface area contributed by atoms with Gasteiger partial charge in [-0.3, -0.25) is 4.79 Å². The van der Waals surface area contributed by atoms with Crippen molar-refractivity contribution in [2.75, 3.05) is 0 Å². The summed E-state index contributed by atoms with van der Waals surface area (Å²) in [5, 5.41) is 17.8. The van der Waals surface area contributed by atoms with Crippen molar-refractivity contribution in [1.29, 1.82) is 0 Å². The molecule has 4 N–H and O–H groups in total. The molecule has 1 aromatic carbocycles. The van der Waals surface area contributed by atoms with Gasteiger partial charge in [0.15, 0.2) is 0 Å². The van der Waals surface area contributed by atoms with E-state index in [9.17, 15) is 18.7 Å².